The molecule has 2 amide bonds. The number of carboxylic acid groups (broad SMARTS) is 1. The van der Waals surface area contributed by atoms with Crippen LogP contribution in [0.3, 0.4) is 0 Å². The molecular weight excluding hydrogens is 318 g/mol. The number of hydrogen-bond donors (Lipinski definition) is 1. The minimum atomic E-state index is -1.22. The van der Waals surface area contributed by atoms with Crippen LogP contribution in [0.1, 0.15) is 29.8 Å². The van der Waals surface area contributed by atoms with Gasteiger partial charge in [-0.25, -0.2) is 4.79 Å². The first kappa shape index (κ1) is 17.2. The topological polar surface area (TPSA) is 91.8 Å². The van der Waals surface area contributed by atoms with Crippen LogP contribution in [-0.4, -0.2) is 44.7 Å². The molecule has 0 aromatic heterocycles. The summed E-state index contributed by atoms with van der Waals surface area (Å²) in [5.41, 5.74) is 0.976. The lowest BCUT2D eigenvalue weighted by atomic mass is 9.92. The molecule has 1 N–H and O–H groups in total. The average Bonchev–Trinajstić information content (AvgIpc) is 2.51. The van der Waals surface area contributed by atoms with E-state index >= 15 is 0 Å². The lowest BCUT2D eigenvalue weighted by Gasteiger charge is -2.34. The smallest absolute Gasteiger partial charge is 0.327 e. The van der Waals surface area contributed by atoms with Crippen LogP contribution in [0, 0.1) is 5.92 Å². The molecule has 0 radical (unpaired) electrons. The largest absolute Gasteiger partial charge is 0.480 e. The Hall–Kier alpha value is -2.15. The Labute approximate surface area is 137 Å². The highest BCUT2D eigenvalue weighted by atomic mass is 32.2. The van der Waals surface area contributed by atoms with Gasteiger partial charge < -0.3 is 5.11 Å². The summed E-state index contributed by atoms with van der Waals surface area (Å²) in [6.45, 7) is 2.98. The Kier molecular flexibility index (Phi) is 5.20. The number of carboxylic acids is 1. The second kappa shape index (κ2) is 6.95. The first-order valence-corrected chi connectivity index (χ1v) is 8.13. The molecule has 0 saturated carbocycles. The number of rotatable bonds is 4. The fourth-order valence-corrected chi connectivity index (χ4v) is 3.11. The molecule has 1 aliphatic rings. The van der Waals surface area contributed by atoms with Crippen molar-refractivity contribution in [1.82, 2.24) is 4.90 Å². The van der Waals surface area contributed by atoms with Crippen molar-refractivity contribution in [1.29, 1.82) is 0 Å². The van der Waals surface area contributed by atoms with Gasteiger partial charge in [-0.15, -0.1) is 0 Å². The van der Waals surface area contributed by atoms with Crippen LogP contribution in [0.15, 0.2) is 24.3 Å². The maximum Gasteiger partial charge on any atom is 0.327 e. The van der Waals surface area contributed by atoms with E-state index < -0.39 is 29.7 Å². The van der Waals surface area contributed by atoms with E-state index in [0.29, 0.717) is 11.1 Å². The van der Waals surface area contributed by atoms with Gasteiger partial charge in [-0.1, -0.05) is 36.9 Å². The second-order valence-electron chi connectivity index (χ2n) is 5.43. The van der Waals surface area contributed by atoms with E-state index in [1.54, 1.807) is 31.2 Å². The van der Waals surface area contributed by atoms with Crippen LogP contribution in [0.25, 0.3) is 0 Å². The van der Waals surface area contributed by atoms with E-state index in [4.69, 9.17) is 0 Å². The molecule has 122 valence electrons. The third-order valence-corrected chi connectivity index (χ3v) is 4.75. The third-order valence-electron chi connectivity index (χ3n) is 3.67. The van der Waals surface area contributed by atoms with Crippen molar-refractivity contribution in [2.45, 2.75) is 26.3 Å². The lowest BCUT2D eigenvalue weighted by molar-refractivity contribution is -0.149. The number of aliphatic carboxylic acids is 1. The van der Waals surface area contributed by atoms with Crippen molar-refractivity contribution in [3.63, 3.8) is 0 Å². The average molecular weight is 335 g/mol. The maximum atomic E-state index is 12.6. The molecule has 0 spiro atoms. The van der Waals surface area contributed by atoms with Crippen molar-refractivity contribution in [3.8, 4) is 0 Å². The van der Waals surface area contributed by atoms with E-state index in [0.717, 1.165) is 16.7 Å². The van der Waals surface area contributed by atoms with E-state index in [-0.39, 0.29) is 17.3 Å². The summed E-state index contributed by atoms with van der Waals surface area (Å²) in [6.07, 6.45) is 0.0928. The van der Waals surface area contributed by atoms with Gasteiger partial charge in [-0.2, -0.15) is 0 Å². The molecule has 2 rings (SSSR count). The van der Waals surface area contributed by atoms with E-state index in [9.17, 15) is 24.3 Å². The van der Waals surface area contributed by atoms with Crippen molar-refractivity contribution >= 4 is 34.7 Å². The fourth-order valence-electron chi connectivity index (χ4n) is 2.48. The lowest BCUT2D eigenvalue weighted by Crippen LogP contribution is -2.54. The van der Waals surface area contributed by atoms with Gasteiger partial charge >= 0.3 is 5.97 Å². The zero-order chi connectivity index (χ0) is 17.1. The Balaban J connectivity index is 2.30. The van der Waals surface area contributed by atoms with Crippen LogP contribution >= 0.6 is 11.8 Å². The number of hydrogen-bond acceptors (Lipinski definition) is 5. The van der Waals surface area contributed by atoms with Crippen LogP contribution < -0.4 is 0 Å². The molecule has 0 saturated heterocycles. The van der Waals surface area contributed by atoms with Crippen LogP contribution in [0.2, 0.25) is 0 Å². The summed E-state index contributed by atoms with van der Waals surface area (Å²) in [5.74, 6) is -2.78. The molecule has 1 heterocycles. The summed E-state index contributed by atoms with van der Waals surface area (Å²) in [4.78, 5) is 48.5. The summed E-state index contributed by atoms with van der Waals surface area (Å²) >= 11 is 0.983. The monoisotopic (exact) mass is 335 g/mol. The molecule has 1 aromatic carbocycles. The number of amides is 2. The molecule has 0 bridgehead atoms. The van der Waals surface area contributed by atoms with Gasteiger partial charge in [0, 0.05) is 30.6 Å². The van der Waals surface area contributed by atoms with Crippen molar-refractivity contribution in [3.05, 3.63) is 35.4 Å². The number of benzene rings is 1. The van der Waals surface area contributed by atoms with Crippen molar-refractivity contribution < 1.29 is 24.3 Å². The standard InChI is InChI=1S/C16H17NO5S/c1-9(8-23-10(2)18)14(19)17-13(16(21)22)7-11-5-3-4-6-12(11)15(17)20/h3-6,9,13H,7-8H2,1-2H3,(H,21,22). The summed E-state index contributed by atoms with van der Waals surface area (Å²) < 4.78 is 0. The first-order chi connectivity index (χ1) is 10.8. The normalized spacial score (nSPS) is 18.3. The number of nitrogens with zero attached hydrogens (tertiary/aromatic N) is 1. The van der Waals surface area contributed by atoms with E-state index in [1.165, 1.54) is 6.92 Å². The van der Waals surface area contributed by atoms with E-state index in [1.807, 2.05) is 0 Å². The van der Waals surface area contributed by atoms with Gasteiger partial charge in [0.05, 0.1) is 0 Å². The minimum Gasteiger partial charge on any atom is -0.480 e. The molecule has 1 aliphatic heterocycles. The zero-order valence-corrected chi connectivity index (χ0v) is 13.6. The van der Waals surface area contributed by atoms with Gasteiger partial charge in [0.1, 0.15) is 6.04 Å². The van der Waals surface area contributed by atoms with Crippen molar-refractivity contribution in [2.75, 3.05) is 5.75 Å². The highest BCUT2D eigenvalue weighted by Crippen LogP contribution is 2.26. The third kappa shape index (κ3) is 3.61. The Morgan fingerprint density at radius 3 is 2.61 bits per heavy atom. The predicted molar refractivity (Wildman–Crippen MR) is 85.0 cm³/mol. The molecule has 2 atom stereocenters. The highest BCUT2D eigenvalue weighted by Gasteiger charge is 2.41. The quantitative estimate of drug-likeness (QED) is 0.898. The molecular formula is C16H17NO5S. The van der Waals surface area contributed by atoms with Crippen molar-refractivity contribution in [2.24, 2.45) is 5.92 Å². The Morgan fingerprint density at radius 1 is 1.35 bits per heavy atom. The second-order valence-corrected chi connectivity index (χ2v) is 6.63. The SMILES string of the molecule is CC(=O)SCC(C)C(=O)N1C(=O)c2ccccc2CC1C(=O)O. The number of carbonyl (C=O) groups is 4. The molecule has 0 fully saturated rings. The maximum absolute atomic E-state index is 12.6. The molecule has 1 aromatic rings. The summed E-state index contributed by atoms with van der Waals surface area (Å²) in [5, 5.41) is 9.27. The number of thioether (sulfide) groups is 1. The van der Waals surface area contributed by atoms with Gasteiger partial charge in [0.2, 0.25) is 5.91 Å². The summed E-state index contributed by atoms with van der Waals surface area (Å²) in [6, 6.07) is 5.48. The molecule has 0 aliphatic carbocycles. The molecule has 2 unspecified atom stereocenters. The van der Waals surface area contributed by atoms with Crippen LogP contribution in [0.4, 0.5) is 0 Å². The van der Waals surface area contributed by atoms with Gasteiger partial charge in [0.15, 0.2) is 5.12 Å². The minimum absolute atomic E-state index is 0.0928. The number of carbonyl (C=O) groups excluding carboxylic acids is 3. The Morgan fingerprint density at radius 2 is 2.00 bits per heavy atom. The highest BCUT2D eigenvalue weighted by molar-refractivity contribution is 8.13. The predicted octanol–water partition coefficient (Wildman–Crippen LogP) is 1.58. The van der Waals surface area contributed by atoms with Gasteiger partial charge in [-0.05, 0) is 11.6 Å². The Bertz CT molecular complexity index is 672. The summed E-state index contributed by atoms with van der Waals surface area (Å²) in [7, 11) is 0. The van der Waals surface area contributed by atoms with Gasteiger partial charge in [0.25, 0.3) is 5.91 Å². The molecule has 7 heteroatoms. The molecule has 6 nitrogen and oxygen atoms in total. The van der Waals surface area contributed by atoms with Crippen LogP contribution in [0.5, 0.6) is 0 Å². The molecule has 23 heavy (non-hydrogen) atoms. The van der Waals surface area contributed by atoms with Crippen LogP contribution in [-0.2, 0) is 20.8 Å². The van der Waals surface area contributed by atoms with Gasteiger partial charge in [-0.3, -0.25) is 19.3 Å². The number of imide groups is 1. The zero-order valence-electron chi connectivity index (χ0n) is 12.8. The first-order valence-electron chi connectivity index (χ1n) is 7.14. The van der Waals surface area contributed by atoms with E-state index in [2.05, 4.69) is 0 Å². The fraction of sp³-hybridized carbons (Fsp3) is 0.375. The number of fused-ring (bicyclic) bond motifs is 1.